The van der Waals surface area contributed by atoms with Crippen molar-refractivity contribution >= 4 is 22.9 Å². The smallest absolute Gasteiger partial charge is 0.125 e. The van der Waals surface area contributed by atoms with E-state index in [0.29, 0.717) is 9.34 Å². The van der Waals surface area contributed by atoms with E-state index in [0.717, 1.165) is 18.5 Å². The summed E-state index contributed by atoms with van der Waals surface area (Å²) in [5.74, 6) is 0. The maximum absolute atomic E-state index is 10.4. The van der Waals surface area contributed by atoms with Crippen LogP contribution in [0.5, 0.6) is 0 Å². The fourth-order valence-electron chi connectivity index (χ4n) is 2.37. The summed E-state index contributed by atoms with van der Waals surface area (Å²) in [6, 6.07) is 8.11. The Morgan fingerprint density at radius 3 is 3.06 bits per heavy atom. The molecule has 0 spiro atoms. The van der Waals surface area contributed by atoms with Gasteiger partial charge in [-0.15, -0.1) is 11.3 Å². The molecule has 2 N–H and O–H groups in total. The number of thiazole rings is 1. The number of benzene rings is 1. The van der Waals surface area contributed by atoms with Gasteiger partial charge < -0.3 is 10.4 Å². The number of aliphatic hydroxyl groups excluding tert-OH is 1. The molecular weight excluding hydrogens is 268 g/mol. The molecule has 0 bridgehead atoms. The van der Waals surface area contributed by atoms with Crippen LogP contribution in [0.3, 0.4) is 0 Å². The number of hydrogen-bond donors (Lipinski definition) is 2. The van der Waals surface area contributed by atoms with Gasteiger partial charge in [0.05, 0.1) is 12.2 Å². The van der Waals surface area contributed by atoms with Crippen molar-refractivity contribution in [3.63, 3.8) is 0 Å². The number of hydrogen-bond acceptors (Lipinski definition) is 4. The van der Waals surface area contributed by atoms with Crippen LogP contribution < -0.4 is 5.32 Å². The molecule has 1 aliphatic rings. The van der Waals surface area contributed by atoms with E-state index < -0.39 is 6.10 Å². The van der Waals surface area contributed by atoms with Crippen molar-refractivity contribution in [2.45, 2.75) is 18.6 Å². The third-order valence-electron chi connectivity index (χ3n) is 3.21. The standard InChI is InChI=1S/C13H13ClN2OS/c14-10-7-16-13(18-10)12(17)11-9-4-2-1-3-8(9)5-6-15-11/h1-4,7,11-12,15,17H,5-6H2. The van der Waals surface area contributed by atoms with E-state index in [4.69, 9.17) is 11.6 Å². The van der Waals surface area contributed by atoms with Crippen molar-refractivity contribution in [1.29, 1.82) is 0 Å². The summed E-state index contributed by atoms with van der Waals surface area (Å²) in [7, 11) is 0. The Morgan fingerprint density at radius 2 is 2.28 bits per heavy atom. The zero-order chi connectivity index (χ0) is 12.5. The molecule has 0 saturated carbocycles. The zero-order valence-electron chi connectivity index (χ0n) is 9.64. The van der Waals surface area contributed by atoms with E-state index in [2.05, 4.69) is 22.4 Å². The molecule has 1 aromatic carbocycles. The molecule has 2 heterocycles. The number of fused-ring (bicyclic) bond motifs is 1. The van der Waals surface area contributed by atoms with Gasteiger partial charge in [0.25, 0.3) is 0 Å². The lowest BCUT2D eigenvalue weighted by atomic mass is 9.91. The highest BCUT2D eigenvalue weighted by Crippen LogP contribution is 2.35. The summed E-state index contributed by atoms with van der Waals surface area (Å²) < 4.78 is 0.605. The number of nitrogens with one attached hydrogen (secondary N) is 1. The Bertz CT molecular complexity index is 557. The third-order valence-corrected chi connectivity index (χ3v) is 4.40. The molecule has 1 aromatic heterocycles. The summed E-state index contributed by atoms with van der Waals surface area (Å²) in [6.45, 7) is 0.873. The van der Waals surface area contributed by atoms with Gasteiger partial charge in [0, 0.05) is 0 Å². The molecule has 0 radical (unpaired) electrons. The molecule has 5 heteroatoms. The molecule has 0 fully saturated rings. The number of aliphatic hydroxyl groups is 1. The molecule has 2 aromatic rings. The quantitative estimate of drug-likeness (QED) is 0.889. The Kier molecular flexibility index (Phi) is 3.35. The predicted octanol–water partition coefficient (Wildman–Crippen LogP) is 2.72. The van der Waals surface area contributed by atoms with Crippen LogP contribution in [0.2, 0.25) is 4.34 Å². The summed E-state index contributed by atoms with van der Waals surface area (Å²) in [5.41, 5.74) is 2.45. The molecule has 0 amide bonds. The SMILES string of the molecule is OC(c1ncc(Cl)s1)C1NCCc2ccccc21. The summed E-state index contributed by atoms with van der Waals surface area (Å²) in [4.78, 5) is 4.16. The van der Waals surface area contributed by atoms with Gasteiger partial charge in [-0.3, -0.25) is 0 Å². The second kappa shape index (κ2) is 4.97. The Morgan fingerprint density at radius 1 is 1.44 bits per heavy atom. The van der Waals surface area contributed by atoms with Gasteiger partial charge in [-0.25, -0.2) is 4.98 Å². The van der Waals surface area contributed by atoms with Crippen LogP contribution >= 0.6 is 22.9 Å². The average molecular weight is 281 g/mol. The Balaban J connectivity index is 1.94. The molecule has 3 nitrogen and oxygen atoms in total. The molecule has 0 saturated heterocycles. The lowest BCUT2D eigenvalue weighted by Crippen LogP contribution is -2.33. The van der Waals surface area contributed by atoms with E-state index in [1.54, 1.807) is 6.20 Å². The van der Waals surface area contributed by atoms with Crippen molar-refractivity contribution in [1.82, 2.24) is 10.3 Å². The van der Waals surface area contributed by atoms with E-state index in [9.17, 15) is 5.11 Å². The topological polar surface area (TPSA) is 45.2 Å². The van der Waals surface area contributed by atoms with Crippen molar-refractivity contribution in [2.24, 2.45) is 0 Å². The van der Waals surface area contributed by atoms with Gasteiger partial charge in [0.1, 0.15) is 15.4 Å². The van der Waals surface area contributed by atoms with Crippen molar-refractivity contribution < 1.29 is 5.11 Å². The second-order valence-corrected chi connectivity index (χ2v) is 6.02. The van der Waals surface area contributed by atoms with Crippen LogP contribution in [0, 0.1) is 0 Å². The summed E-state index contributed by atoms with van der Waals surface area (Å²) >= 11 is 7.20. The highest BCUT2D eigenvalue weighted by atomic mass is 35.5. The van der Waals surface area contributed by atoms with Crippen LogP contribution in [0.4, 0.5) is 0 Å². The monoisotopic (exact) mass is 280 g/mol. The van der Waals surface area contributed by atoms with E-state index in [-0.39, 0.29) is 6.04 Å². The molecule has 1 aliphatic heterocycles. The maximum Gasteiger partial charge on any atom is 0.125 e. The largest absolute Gasteiger partial charge is 0.384 e. The van der Waals surface area contributed by atoms with Gasteiger partial charge in [0.2, 0.25) is 0 Å². The maximum atomic E-state index is 10.4. The van der Waals surface area contributed by atoms with E-state index >= 15 is 0 Å². The molecular formula is C13H13ClN2OS. The average Bonchev–Trinajstić information content (AvgIpc) is 2.84. The minimum absolute atomic E-state index is 0.0998. The minimum atomic E-state index is -0.649. The minimum Gasteiger partial charge on any atom is -0.384 e. The first-order valence-corrected chi connectivity index (χ1v) is 7.05. The number of nitrogens with zero attached hydrogens (tertiary/aromatic N) is 1. The first-order valence-electron chi connectivity index (χ1n) is 5.86. The number of rotatable bonds is 2. The highest BCUT2D eigenvalue weighted by molar-refractivity contribution is 7.15. The first kappa shape index (κ1) is 12.1. The van der Waals surface area contributed by atoms with Crippen molar-refractivity contribution in [2.75, 3.05) is 6.54 Å². The fourth-order valence-corrected chi connectivity index (χ4v) is 3.32. The van der Waals surface area contributed by atoms with Gasteiger partial charge in [-0.2, -0.15) is 0 Å². The van der Waals surface area contributed by atoms with Crippen LogP contribution in [-0.2, 0) is 6.42 Å². The molecule has 2 atom stereocenters. The van der Waals surface area contributed by atoms with Crippen molar-refractivity contribution in [3.05, 3.63) is 50.9 Å². The third kappa shape index (κ3) is 2.17. The van der Waals surface area contributed by atoms with Gasteiger partial charge in [-0.05, 0) is 24.1 Å². The van der Waals surface area contributed by atoms with E-state index in [1.165, 1.54) is 16.9 Å². The van der Waals surface area contributed by atoms with Crippen molar-refractivity contribution in [3.8, 4) is 0 Å². The van der Waals surface area contributed by atoms with Gasteiger partial charge in [0.15, 0.2) is 0 Å². The van der Waals surface area contributed by atoms with Crippen LogP contribution in [0.25, 0.3) is 0 Å². The lowest BCUT2D eigenvalue weighted by Gasteiger charge is -2.29. The normalized spacial score (nSPS) is 20.4. The molecule has 18 heavy (non-hydrogen) atoms. The van der Waals surface area contributed by atoms with Crippen LogP contribution in [0.15, 0.2) is 30.5 Å². The molecule has 2 unspecified atom stereocenters. The summed E-state index contributed by atoms with van der Waals surface area (Å²) in [6.07, 6.45) is 1.93. The number of aromatic nitrogens is 1. The highest BCUT2D eigenvalue weighted by Gasteiger charge is 2.28. The number of halogens is 1. The van der Waals surface area contributed by atoms with E-state index in [1.807, 2.05) is 12.1 Å². The molecule has 94 valence electrons. The van der Waals surface area contributed by atoms with Gasteiger partial charge >= 0.3 is 0 Å². The molecule has 0 aliphatic carbocycles. The summed E-state index contributed by atoms with van der Waals surface area (Å²) in [5, 5.41) is 14.4. The second-order valence-electron chi connectivity index (χ2n) is 4.33. The molecule has 3 rings (SSSR count). The lowest BCUT2D eigenvalue weighted by molar-refractivity contribution is 0.125. The predicted molar refractivity (Wildman–Crippen MR) is 73.0 cm³/mol. The van der Waals surface area contributed by atoms with Crippen LogP contribution in [0.1, 0.15) is 28.3 Å². The first-order chi connectivity index (χ1) is 8.75. The van der Waals surface area contributed by atoms with Gasteiger partial charge in [-0.1, -0.05) is 35.9 Å². The van der Waals surface area contributed by atoms with Crippen LogP contribution in [-0.4, -0.2) is 16.6 Å². The fraction of sp³-hybridized carbons (Fsp3) is 0.308. The Hall–Kier alpha value is -0.940. The zero-order valence-corrected chi connectivity index (χ0v) is 11.2. The Labute approximate surface area is 114 Å².